The molecule has 2 aromatic rings. The first kappa shape index (κ1) is 27.8. The van der Waals surface area contributed by atoms with Crippen molar-refractivity contribution < 1.29 is 29.0 Å². The second-order valence-electron chi connectivity index (χ2n) is 11.4. The van der Waals surface area contributed by atoms with Gasteiger partial charge in [-0.2, -0.15) is 0 Å². The second kappa shape index (κ2) is 10.5. The van der Waals surface area contributed by atoms with Gasteiger partial charge in [-0.1, -0.05) is 29.8 Å². The van der Waals surface area contributed by atoms with Crippen LogP contribution in [-0.4, -0.2) is 64.1 Å². The maximum absolute atomic E-state index is 13.4. The van der Waals surface area contributed by atoms with Gasteiger partial charge < -0.3 is 24.4 Å². The zero-order valence-electron chi connectivity index (χ0n) is 23.4. The Kier molecular flexibility index (Phi) is 7.68. The summed E-state index contributed by atoms with van der Waals surface area (Å²) in [5, 5.41) is 10.3. The Morgan fingerprint density at radius 2 is 1.61 bits per heavy atom. The smallest absolute Gasteiger partial charge is 0.337 e. The Morgan fingerprint density at radius 1 is 1.00 bits per heavy atom. The van der Waals surface area contributed by atoms with Crippen LogP contribution in [0.4, 0.5) is 0 Å². The Balaban J connectivity index is 1.81. The topological polar surface area (TPSA) is 96.4 Å². The number of carbonyl (C=O) groups is 3. The highest BCUT2D eigenvalue weighted by atomic mass is 16.5. The van der Waals surface area contributed by atoms with Gasteiger partial charge in [-0.15, -0.1) is 0 Å². The molecule has 1 saturated heterocycles. The first-order valence-electron chi connectivity index (χ1n) is 13.1. The molecule has 0 bridgehead atoms. The summed E-state index contributed by atoms with van der Waals surface area (Å²) in [6.07, 6.45) is -1.20. The summed E-state index contributed by atoms with van der Waals surface area (Å²) in [5.41, 5.74) is 6.20. The van der Waals surface area contributed by atoms with Crippen LogP contribution in [-0.2, 0) is 36.9 Å². The van der Waals surface area contributed by atoms with Gasteiger partial charge in [0.2, 0.25) is 0 Å². The fourth-order valence-electron chi connectivity index (χ4n) is 5.46. The van der Waals surface area contributed by atoms with Crippen LogP contribution < -0.4 is 0 Å². The molecular formula is C30H38N2O6. The molecule has 0 spiro atoms. The van der Waals surface area contributed by atoms with Gasteiger partial charge in [-0.05, 0) is 81.8 Å². The Hall–Kier alpha value is -3.23. The van der Waals surface area contributed by atoms with E-state index in [9.17, 15) is 19.5 Å². The van der Waals surface area contributed by atoms with Crippen molar-refractivity contribution in [1.82, 2.24) is 9.80 Å². The predicted molar refractivity (Wildman–Crippen MR) is 144 cm³/mol. The van der Waals surface area contributed by atoms with Crippen molar-refractivity contribution in [2.24, 2.45) is 0 Å². The number of carboxylic acid groups (broad SMARTS) is 1. The minimum Gasteiger partial charge on any atom is -0.479 e. The molecule has 8 nitrogen and oxygen atoms in total. The van der Waals surface area contributed by atoms with E-state index >= 15 is 0 Å². The number of hydrogen-bond acceptors (Lipinski definition) is 5. The zero-order chi connectivity index (χ0) is 27.9. The third kappa shape index (κ3) is 5.33. The van der Waals surface area contributed by atoms with E-state index in [0.717, 1.165) is 38.9 Å². The van der Waals surface area contributed by atoms with E-state index in [4.69, 9.17) is 9.47 Å². The average Bonchev–Trinajstić information content (AvgIpc) is 3.30. The Bertz CT molecular complexity index is 1260. The number of amides is 2. The van der Waals surface area contributed by atoms with E-state index in [2.05, 4.69) is 0 Å². The van der Waals surface area contributed by atoms with Crippen molar-refractivity contribution in [2.45, 2.75) is 79.3 Å². The van der Waals surface area contributed by atoms with Crippen LogP contribution in [0.3, 0.4) is 0 Å². The van der Waals surface area contributed by atoms with Crippen LogP contribution in [0.5, 0.6) is 0 Å². The molecule has 2 aliphatic heterocycles. The van der Waals surface area contributed by atoms with Gasteiger partial charge in [0.05, 0.1) is 24.9 Å². The maximum Gasteiger partial charge on any atom is 0.337 e. The number of carboxylic acids is 1. The minimum absolute atomic E-state index is 0.167. The maximum atomic E-state index is 13.4. The number of carbonyl (C=O) groups excluding carboxylic acids is 2. The molecule has 1 N–H and O–H groups in total. The third-order valence-electron chi connectivity index (χ3n) is 7.41. The summed E-state index contributed by atoms with van der Waals surface area (Å²) in [7, 11) is 0. The molecule has 2 heterocycles. The number of nitrogens with zero attached hydrogens (tertiary/aromatic N) is 2. The Labute approximate surface area is 224 Å². The summed E-state index contributed by atoms with van der Waals surface area (Å²) < 4.78 is 11.5. The van der Waals surface area contributed by atoms with Crippen molar-refractivity contribution in [3.63, 3.8) is 0 Å². The molecular weight excluding hydrogens is 484 g/mol. The third-order valence-corrected chi connectivity index (χ3v) is 7.41. The minimum atomic E-state index is -1.20. The molecule has 4 rings (SSSR count). The van der Waals surface area contributed by atoms with Crippen molar-refractivity contribution in [3.8, 4) is 11.1 Å². The van der Waals surface area contributed by atoms with Gasteiger partial charge in [0.15, 0.2) is 6.10 Å². The highest BCUT2D eigenvalue weighted by molar-refractivity contribution is 6.35. The molecule has 2 aliphatic rings. The molecule has 204 valence electrons. The van der Waals surface area contributed by atoms with E-state index in [-0.39, 0.29) is 12.6 Å². The van der Waals surface area contributed by atoms with Gasteiger partial charge >= 0.3 is 17.8 Å². The molecule has 2 amide bonds. The Morgan fingerprint density at radius 3 is 2.16 bits per heavy atom. The average molecular weight is 523 g/mol. The number of morpholine rings is 1. The van der Waals surface area contributed by atoms with Crippen LogP contribution in [0, 0.1) is 20.8 Å². The largest absolute Gasteiger partial charge is 0.479 e. The van der Waals surface area contributed by atoms with Crippen molar-refractivity contribution in [3.05, 3.63) is 57.6 Å². The lowest BCUT2D eigenvalue weighted by molar-refractivity contribution is -0.160. The number of ether oxygens (including phenoxy) is 2. The van der Waals surface area contributed by atoms with Crippen molar-refractivity contribution in [1.29, 1.82) is 0 Å². The van der Waals surface area contributed by atoms with Gasteiger partial charge in [0.25, 0.3) is 0 Å². The van der Waals surface area contributed by atoms with Crippen LogP contribution in [0.15, 0.2) is 24.3 Å². The van der Waals surface area contributed by atoms with Crippen LogP contribution >= 0.6 is 0 Å². The molecule has 1 fully saturated rings. The lowest BCUT2D eigenvalue weighted by Crippen LogP contribution is -2.52. The first-order valence-corrected chi connectivity index (χ1v) is 13.1. The first-order chi connectivity index (χ1) is 17.8. The number of aryl methyl sites for hydroxylation is 1. The lowest BCUT2D eigenvalue weighted by atomic mass is 9.83. The van der Waals surface area contributed by atoms with Crippen LogP contribution in [0.25, 0.3) is 11.1 Å². The monoisotopic (exact) mass is 522 g/mol. The zero-order valence-corrected chi connectivity index (χ0v) is 23.4. The molecule has 8 heteroatoms. The van der Waals surface area contributed by atoms with Crippen molar-refractivity contribution in [2.75, 3.05) is 19.8 Å². The number of fused-ring (bicyclic) bond motifs is 1. The fraction of sp³-hybridized carbons (Fsp3) is 0.500. The van der Waals surface area contributed by atoms with E-state index in [1.807, 2.05) is 72.7 Å². The molecule has 0 saturated carbocycles. The highest BCUT2D eigenvalue weighted by Crippen LogP contribution is 2.43. The predicted octanol–water partition coefficient (Wildman–Crippen LogP) is 4.31. The van der Waals surface area contributed by atoms with Gasteiger partial charge in [0, 0.05) is 25.2 Å². The molecule has 1 unspecified atom stereocenters. The summed E-state index contributed by atoms with van der Waals surface area (Å²) in [4.78, 5) is 42.2. The van der Waals surface area contributed by atoms with Crippen molar-refractivity contribution >= 4 is 17.8 Å². The summed E-state index contributed by atoms with van der Waals surface area (Å²) in [5.74, 6) is -2.14. The summed E-state index contributed by atoms with van der Waals surface area (Å²) >= 11 is 0. The lowest BCUT2D eigenvalue weighted by Gasteiger charge is -2.33. The molecule has 2 atom stereocenters. The SMILES string of the molecule is Cc1ccc(-c2c(C)c3c(c(C)c2C(OC(C)(C)C)C(=O)O)CN(C(=O)C(=O)N2CCOC[C@H]2C)C3)cc1. The van der Waals surface area contributed by atoms with Gasteiger partial charge in [0.1, 0.15) is 0 Å². The normalized spacial score (nSPS) is 18.3. The highest BCUT2D eigenvalue weighted by Gasteiger charge is 2.39. The number of hydrogen-bond donors (Lipinski definition) is 1. The van der Waals surface area contributed by atoms with E-state index in [0.29, 0.717) is 31.9 Å². The summed E-state index contributed by atoms with van der Waals surface area (Å²) in [6.45, 7) is 15.0. The van der Waals surface area contributed by atoms with Crippen LogP contribution in [0.2, 0.25) is 0 Å². The molecule has 0 aromatic heterocycles. The molecule has 0 aliphatic carbocycles. The molecule has 0 radical (unpaired) electrons. The number of benzene rings is 2. The quantitative estimate of drug-likeness (QED) is 0.601. The van der Waals surface area contributed by atoms with Gasteiger partial charge in [-0.3, -0.25) is 9.59 Å². The second-order valence-corrected chi connectivity index (χ2v) is 11.4. The fourth-order valence-corrected chi connectivity index (χ4v) is 5.46. The van der Waals surface area contributed by atoms with E-state index in [1.165, 1.54) is 0 Å². The summed E-state index contributed by atoms with van der Waals surface area (Å²) in [6, 6.07) is 7.81. The number of aliphatic carboxylic acids is 1. The standard InChI is InChI=1S/C30H38N2O6/c1-17-8-10-21(11-9-17)24-19(3)22-14-31(27(33)28(34)32-12-13-37-16-18(32)2)15-23(22)20(4)25(24)26(29(35)36)38-30(5,6)7/h8-11,18,26H,12-16H2,1-7H3,(H,35,36)/t18-,26?/m1/s1. The number of rotatable bonds is 4. The van der Waals surface area contributed by atoms with Gasteiger partial charge in [-0.25, -0.2) is 4.79 Å². The molecule has 38 heavy (non-hydrogen) atoms. The molecule has 2 aromatic carbocycles. The van der Waals surface area contributed by atoms with Crippen LogP contribution in [0.1, 0.15) is 67.2 Å². The van der Waals surface area contributed by atoms with E-state index in [1.54, 1.807) is 9.80 Å². The van der Waals surface area contributed by atoms with E-state index < -0.39 is 29.5 Å².